The third-order valence-electron chi connectivity index (χ3n) is 7.04. The van der Waals surface area contributed by atoms with Gasteiger partial charge in [0.2, 0.25) is 0 Å². The second-order valence-electron chi connectivity index (χ2n) is 9.64. The van der Waals surface area contributed by atoms with Gasteiger partial charge in [-0.25, -0.2) is 0 Å². The van der Waals surface area contributed by atoms with E-state index in [9.17, 15) is 0 Å². The van der Waals surface area contributed by atoms with Crippen molar-refractivity contribution in [3.63, 3.8) is 0 Å². The Kier molecular flexibility index (Phi) is 4.67. The molecule has 0 aromatic heterocycles. The van der Waals surface area contributed by atoms with Gasteiger partial charge < -0.3 is 14.5 Å². The van der Waals surface area contributed by atoms with Crippen molar-refractivity contribution in [2.75, 3.05) is 38.0 Å². The van der Waals surface area contributed by atoms with E-state index in [1.807, 2.05) is 0 Å². The highest BCUT2D eigenvalue weighted by Crippen LogP contribution is 2.49. The van der Waals surface area contributed by atoms with Crippen molar-refractivity contribution in [3.05, 3.63) is 81.3 Å². The van der Waals surface area contributed by atoms with Gasteiger partial charge in [-0.1, -0.05) is 47.2 Å². The van der Waals surface area contributed by atoms with Gasteiger partial charge in [-0.15, -0.1) is 0 Å². The Morgan fingerprint density at radius 2 is 1.29 bits per heavy atom. The predicted molar refractivity (Wildman–Crippen MR) is 137 cm³/mol. The van der Waals surface area contributed by atoms with Gasteiger partial charge in [-0.3, -0.25) is 0 Å². The summed E-state index contributed by atoms with van der Waals surface area (Å²) < 4.78 is 7.93. The van der Waals surface area contributed by atoms with E-state index in [1.54, 1.807) is 0 Å². The quantitative estimate of drug-likeness (QED) is 0.488. The Bertz CT molecular complexity index is 1140. The Labute approximate surface area is 194 Å². The monoisotopic (exact) mass is 492 g/mol. The molecule has 0 saturated carbocycles. The number of hydrogen-bond acceptors (Lipinski definition) is 3. The average molecular weight is 494 g/mol. The first-order valence-electron chi connectivity index (χ1n) is 10.7. The Balaban J connectivity index is 1.88. The van der Waals surface area contributed by atoms with Crippen LogP contribution in [0, 0.1) is 0 Å². The smallest absolute Gasteiger partial charge is 0.144 e. The van der Waals surface area contributed by atoms with E-state index in [1.165, 1.54) is 44.0 Å². The maximum Gasteiger partial charge on any atom is 0.144 e. The molecule has 2 aliphatic rings. The number of hydrogen-bond donors (Lipinski definition) is 0. The minimum Gasteiger partial charge on any atom is -0.378 e. The molecule has 0 amide bonds. The van der Waals surface area contributed by atoms with Crippen LogP contribution in [0.4, 0.5) is 11.4 Å². The molecule has 0 aliphatic carbocycles. The molecule has 3 nitrogen and oxygen atoms in total. The molecule has 31 heavy (non-hydrogen) atoms. The van der Waals surface area contributed by atoms with E-state index in [0.717, 1.165) is 4.47 Å². The van der Waals surface area contributed by atoms with Crippen LogP contribution in [0.3, 0.4) is 0 Å². The normalized spacial score (nSPS) is 17.1. The maximum atomic E-state index is 6.83. The van der Waals surface area contributed by atoms with Gasteiger partial charge in [0, 0.05) is 44.0 Å². The van der Waals surface area contributed by atoms with Crippen molar-refractivity contribution < 1.29 is 4.74 Å². The molecule has 1 spiro atoms. The van der Waals surface area contributed by atoms with E-state index < -0.39 is 13.7 Å². The van der Waals surface area contributed by atoms with Crippen LogP contribution in [-0.4, -0.2) is 36.3 Å². The first-order valence-corrected chi connectivity index (χ1v) is 14.5. The zero-order valence-corrected chi connectivity index (χ0v) is 21.7. The average Bonchev–Trinajstić information content (AvgIpc) is 3.11. The topological polar surface area (TPSA) is 15.7 Å². The Morgan fingerprint density at radius 1 is 0.774 bits per heavy atom. The van der Waals surface area contributed by atoms with Gasteiger partial charge in [-0.2, -0.15) is 0 Å². The minimum atomic E-state index is -1.95. The highest BCUT2D eigenvalue weighted by atomic mass is 79.9. The number of halogens is 1. The number of fused-ring (bicyclic) bond motifs is 6. The molecule has 0 N–H and O–H groups in total. The van der Waals surface area contributed by atoms with Crippen LogP contribution in [-0.2, 0) is 16.9 Å². The molecule has 3 aromatic rings. The summed E-state index contributed by atoms with van der Waals surface area (Å²) in [5, 5.41) is 2.94. The fourth-order valence-corrected chi connectivity index (χ4v) is 8.88. The van der Waals surface area contributed by atoms with Crippen LogP contribution in [0.15, 0.2) is 59.1 Å². The predicted octanol–water partition coefficient (Wildman–Crippen LogP) is 4.54. The lowest BCUT2D eigenvalue weighted by Gasteiger charge is -2.45. The molecule has 2 heterocycles. The van der Waals surface area contributed by atoms with Crippen LogP contribution >= 0.6 is 15.9 Å². The van der Waals surface area contributed by atoms with E-state index in [0.29, 0.717) is 6.61 Å². The summed E-state index contributed by atoms with van der Waals surface area (Å²) in [6.07, 6.45) is 0. The second kappa shape index (κ2) is 6.96. The van der Waals surface area contributed by atoms with E-state index in [4.69, 9.17) is 4.74 Å². The van der Waals surface area contributed by atoms with Gasteiger partial charge in [0.05, 0.1) is 6.61 Å². The van der Waals surface area contributed by atoms with E-state index in [-0.39, 0.29) is 0 Å². The molecule has 0 fully saturated rings. The summed E-state index contributed by atoms with van der Waals surface area (Å²) >= 11 is 3.65. The van der Waals surface area contributed by atoms with Crippen LogP contribution in [0.1, 0.15) is 22.3 Å². The Morgan fingerprint density at radius 3 is 1.81 bits per heavy atom. The van der Waals surface area contributed by atoms with Crippen LogP contribution in [0.25, 0.3) is 0 Å². The Hall–Kier alpha value is -2.08. The molecule has 3 aromatic carbocycles. The summed E-state index contributed by atoms with van der Waals surface area (Å²) in [5.74, 6) is 0. The summed E-state index contributed by atoms with van der Waals surface area (Å²) in [5.41, 5.74) is 7.13. The molecular formula is C26H29BrN2OSi. The summed E-state index contributed by atoms with van der Waals surface area (Å²) in [4.78, 5) is 4.40. The third kappa shape index (κ3) is 2.86. The maximum absolute atomic E-state index is 6.83. The summed E-state index contributed by atoms with van der Waals surface area (Å²) in [6.45, 7) is 5.59. The first kappa shape index (κ1) is 20.8. The molecule has 0 saturated heterocycles. The minimum absolute atomic E-state index is 0.543. The lowest BCUT2D eigenvalue weighted by atomic mass is 9.79. The fraction of sp³-hybridized carbons (Fsp3) is 0.308. The molecule has 5 rings (SSSR count). The first-order chi connectivity index (χ1) is 14.7. The highest BCUT2D eigenvalue weighted by molar-refractivity contribution is 9.10. The van der Waals surface area contributed by atoms with Gasteiger partial charge in [0.25, 0.3) is 0 Å². The van der Waals surface area contributed by atoms with Gasteiger partial charge in [0.15, 0.2) is 0 Å². The third-order valence-corrected chi connectivity index (χ3v) is 11.0. The fourth-order valence-electron chi connectivity index (χ4n) is 5.29. The number of rotatable bonds is 2. The van der Waals surface area contributed by atoms with Gasteiger partial charge in [-0.05, 0) is 69.0 Å². The molecule has 0 radical (unpaired) electrons. The molecule has 0 atom stereocenters. The largest absolute Gasteiger partial charge is 0.378 e. The van der Waals surface area contributed by atoms with Crippen molar-refractivity contribution >= 4 is 45.8 Å². The molecule has 0 bridgehead atoms. The van der Waals surface area contributed by atoms with Gasteiger partial charge in [0.1, 0.15) is 13.7 Å². The molecule has 2 aliphatic heterocycles. The van der Waals surface area contributed by atoms with Crippen LogP contribution in [0.5, 0.6) is 0 Å². The van der Waals surface area contributed by atoms with Crippen molar-refractivity contribution in [2.24, 2.45) is 0 Å². The van der Waals surface area contributed by atoms with Gasteiger partial charge >= 0.3 is 0 Å². The second-order valence-corrected chi connectivity index (χ2v) is 14.9. The molecule has 160 valence electrons. The lowest BCUT2D eigenvalue weighted by Crippen LogP contribution is -2.63. The summed E-state index contributed by atoms with van der Waals surface area (Å²) in [6, 6.07) is 20.5. The molecular weight excluding hydrogens is 464 g/mol. The van der Waals surface area contributed by atoms with Crippen LogP contribution in [0.2, 0.25) is 13.1 Å². The van der Waals surface area contributed by atoms with Crippen molar-refractivity contribution in [1.29, 1.82) is 0 Å². The summed E-state index contributed by atoms with van der Waals surface area (Å²) in [7, 11) is 6.51. The van der Waals surface area contributed by atoms with Crippen molar-refractivity contribution in [2.45, 2.75) is 25.3 Å². The number of benzene rings is 3. The zero-order chi connectivity index (χ0) is 22.1. The highest BCUT2D eigenvalue weighted by Gasteiger charge is 2.52. The standard InChI is InChI=1S/C26H29BrN2OSi/c1-28(2)19-8-11-22-24(14-19)31(5,6)25-15-20(29(3)4)9-12-23(25)26(22)21-10-7-18(27)13-17(21)16-30-26/h7-15H,16H2,1-6H3. The van der Waals surface area contributed by atoms with Crippen molar-refractivity contribution in [1.82, 2.24) is 0 Å². The SMILES string of the molecule is CN(C)c1ccc2c(c1)[Si](C)(C)c1cc(N(C)C)ccc1C21OCc2cc(Br)ccc21. The molecule has 0 unspecified atom stereocenters. The number of ether oxygens (including phenoxy) is 1. The number of nitrogens with zero attached hydrogens (tertiary/aromatic N) is 2. The van der Waals surface area contributed by atoms with Crippen molar-refractivity contribution in [3.8, 4) is 0 Å². The lowest BCUT2D eigenvalue weighted by molar-refractivity contribution is 0.0276. The number of anilines is 2. The van der Waals surface area contributed by atoms with Crippen LogP contribution < -0.4 is 20.2 Å². The zero-order valence-electron chi connectivity index (χ0n) is 19.1. The molecule has 5 heteroatoms. The van der Waals surface area contributed by atoms with E-state index >= 15 is 0 Å². The van der Waals surface area contributed by atoms with E-state index in [2.05, 4.69) is 122 Å².